The smallest absolute Gasteiger partial charge is 0.409 e. The zero-order chi connectivity index (χ0) is 18.2. The Morgan fingerprint density at radius 1 is 1.15 bits per heavy atom. The molecule has 2 heterocycles. The minimum absolute atomic E-state index is 0.199. The van der Waals surface area contributed by atoms with E-state index in [1.165, 1.54) is 0 Å². The van der Waals surface area contributed by atoms with E-state index in [1.807, 2.05) is 42.0 Å². The summed E-state index contributed by atoms with van der Waals surface area (Å²) in [4.78, 5) is 19.9. The first-order valence-electron chi connectivity index (χ1n) is 9.11. The summed E-state index contributed by atoms with van der Waals surface area (Å²) in [6, 6.07) is 8.00. The maximum Gasteiger partial charge on any atom is 0.409 e. The van der Waals surface area contributed by atoms with E-state index in [4.69, 9.17) is 9.47 Å². The van der Waals surface area contributed by atoms with Gasteiger partial charge < -0.3 is 18.9 Å². The van der Waals surface area contributed by atoms with Gasteiger partial charge in [0.25, 0.3) is 0 Å². The summed E-state index contributed by atoms with van der Waals surface area (Å²) in [6.07, 6.45) is 6.21. The molecule has 3 rings (SSSR count). The number of imidazole rings is 1. The van der Waals surface area contributed by atoms with Crippen molar-refractivity contribution in [2.75, 3.05) is 45.9 Å². The number of piperazine rings is 1. The fourth-order valence-corrected chi connectivity index (χ4v) is 2.97. The van der Waals surface area contributed by atoms with Crippen LogP contribution in [0.1, 0.15) is 13.3 Å². The maximum absolute atomic E-state index is 11.7. The van der Waals surface area contributed by atoms with E-state index in [9.17, 15) is 4.79 Å². The standard InChI is InChI=1S/C19H26N4O3/c1-2-25-19(24)22-13-11-21(12-14-22)9-3-15-26-18-6-4-17(5-7-18)23-10-8-20-16-23/h4-8,10,16H,2-3,9,11-15H2,1H3. The van der Waals surface area contributed by atoms with Crippen LogP contribution in [0.15, 0.2) is 43.0 Å². The molecule has 1 aliphatic heterocycles. The minimum Gasteiger partial charge on any atom is -0.494 e. The lowest BCUT2D eigenvalue weighted by atomic mass is 10.3. The van der Waals surface area contributed by atoms with Crippen molar-refractivity contribution in [2.24, 2.45) is 0 Å². The third kappa shape index (κ3) is 4.98. The minimum atomic E-state index is -0.199. The summed E-state index contributed by atoms with van der Waals surface area (Å²) in [5.74, 6) is 0.876. The number of nitrogens with zero attached hydrogens (tertiary/aromatic N) is 4. The fraction of sp³-hybridized carbons (Fsp3) is 0.474. The Kier molecular flexibility index (Phi) is 6.49. The second-order valence-electron chi connectivity index (χ2n) is 6.19. The molecule has 7 nitrogen and oxygen atoms in total. The molecular formula is C19H26N4O3. The van der Waals surface area contributed by atoms with Gasteiger partial charge in [0, 0.05) is 50.8 Å². The van der Waals surface area contributed by atoms with Gasteiger partial charge in [0.15, 0.2) is 0 Å². The van der Waals surface area contributed by atoms with Crippen molar-refractivity contribution in [3.63, 3.8) is 0 Å². The lowest BCUT2D eigenvalue weighted by molar-refractivity contribution is 0.0782. The third-order valence-corrected chi connectivity index (χ3v) is 4.42. The number of hydrogen-bond donors (Lipinski definition) is 0. The van der Waals surface area contributed by atoms with E-state index < -0.39 is 0 Å². The topological polar surface area (TPSA) is 59.8 Å². The van der Waals surface area contributed by atoms with Crippen LogP contribution in [0.4, 0.5) is 4.79 Å². The van der Waals surface area contributed by atoms with Crippen LogP contribution in [0.25, 0.3) is 5.69 Å². The van der Waals surface area contributed by atoms with Crippen LogP contribution in [0, 0.1) is 0 Å². The van der Waals surface area contributed by atoms with E-state index in [1.54, 1.807) is 17.4 Å². The first kappa shape index (κ1) is 18.3. The van der Waals surface area contributed by atoms with Gasteiger partial charge in [-0.15, -0.1) is 0 Å². The van der Waals surface area contributed by atoms with Crippen molar-refractivity contribution in [3.8, 4) is 11.4 Å². The monoisotopic (exact) mass is 358 g/mol. The van der Waals surface area contributed by atoms with Crippen molar-refractivity contribution in [3.05, 3.63) is 43.0 Å². The van der Waals surface area contributed by atoms with E-state index >= 15 is 0 Å². The molecule has 2 aromatic rings. The van der Waals surface area contributed by atoms with Crippen LogP contribution in [-0.2, 0) is 4.74 Å². The molecule has 1 amide bonds. The quantitative estimate of drug-likeness (QED) is 0.712. The molecule has 0 unspecified atom stereocenters. The fourth-order valence-electron chi connectivity index (χ4n) is 2.97. The van der Waals surface area contributed by atoms with Gasteiger partial charge in [-0.1, -0.05) is 0 Å². The number of benzene rings is 1. The molecule has 1 aromatic carbocycles. The van der Waals surface area contributed by atoms with E-state index in [0.717, 1.165) is 50.6 Å². The number of amides is 1. The highest BCUT2D eigenvalue weighted by atomic mass is 16.6. The molecule has 0 saturated carbocycles. The SMILES string of the molecule is CCOC(=O)N1CCN(CCCOc2ccc(-n3ccnc3)cc2)CC1. The third-order valence-electron chi connectivity index (χ3n) is 4.42. The average molecular weight is 358 g/mol. The Morgan fingerprint density at radius 3 is 2.58 bits per heavy atom. The summed E-state index contributed by atoms with van der Waals surface area (Å²) in [5, 5.41) is 0. The van der Waals surface area contributed by atoms with Crippen molar-refractivity contribution in [1.29, 1.82) is 0 Å². The predicted octanol–water partition coefficient (Wildman–Crippen LogP) is 2.42. The zero-order valence-electron chi connectivity index (χ0n) is 15.2. The van der Waals surface area contributed by atoms with Gasteiger partial charge >= 0.3 is 6.09 Å². The Labute approximate surface area is 154 Å². The summed E-state index contributed by atoms with van der Waals surface area (Å²) < 4.78 is 12.8. The molecule has 1 aromatic heterocycles. The van der Waals surface area contributed by atoms with Gasteiger partial charge in [-0.25, -0.2) is 9.78 Å². The highest BCUT2D eigenvalue weighted by Crippen LogP contribution is 2.15. The highest BCUT2D eigenvalue weighted by molar-refractivity contribution is 5.67. The molecule has 1 fully saturated rings. The number of hydrogen-bond acceptors (Lipinski definition) is 5. The second-order valence-corrected chi connectivity index (χ2v) is 6.19. The summed E-state index contributed by atoms with van der Waals surface area (Å²) in [7, 11) is 0. The van der Waals surface area contributed by atoms with Crippen LogP contribution in [0.2, 0.25) is 0 Å². The molecule has 0 radical (unpaired) electrons. The molecule has 1 saturated heterocycles. The highest BCUT2D eigenvalue weighted by Gasteiger charge is 2.21. The van der Waals surface area contributed by atoms with Crippen molar-refractivity contribution < 1.29 is 14.3 Å². The van der Waals surface area contributed by atoms with Crippen molar-refractivity contribution in [2.45, 2.75) is 13.3 Å². The summed E-state index contributed by atoms with van der Waals surface area (Å²) in [5.41, 5.74) is 1.06. The predicted molar refractivity (Wildman–Crippen MR) is 98.7 cm³/mol. The summed E-state index contributed by atoms with van der Waals surface area (Å²) >= 11 is 0. The molecule has 0 N–H and O–H groups in total. The van der Waals surface area contributed by atoms with Gasteiger partial charge in [-0.3, -0.25) is 4.90 Å². The average Bonchev–Trinajstić information content (AvgIpc) is 3.21. The number of aromatic nitrogens is 2. The molecule has 26 heavy (non-hydrogen) atoms. The first-order chi connectivity index (χ1) is 12.8. The Bertz CT molecular complexity index is 665. The van der Waals surface area contributed by atoms with Crippen molar-refractivity contribution in [1.82, 2.24) is 19.4 Å². The van der Waals surface area contributed by atoms with E-state index in [2.05, 4.69) is 9.88 Å². The molecule has 140 valence electrons. The molecule has 0 spiro atoms. The number of ether oxygens (including phenoxy) is 2. The number of carbonyl (C=O) groups excluding carboxylic acids is 1. The summed E-state index contributed by atoms with van der Waals surface area (Å²) in [6.45, 7) is 7.16. The maximum atomic E-state index is 11.7. The molecule has 0 bridgehead atoms. The first-order valence-corrected chi connectivity index (χ1v) is 9.11. The van der Waals surface area contributed by atoms with E-state index in [0.29, 0.717) is 13.2 Å². The lowest BCUT2D eigenvalue weighted by Gasteiger charge is -2.33. The molecule has 7 heteroatoms. The number of carbonyl (C=O) groups is 1. The molecule has 0 atom stereocenters. The van der Waals surface area contributed by atoms with Gasteiger partial charge in [0.2, 0.25) is 0 Å². The Morgan fingerprint density at radius 2 is 1.92 bits per heavy atom. The normalized spacial score (nSPS) is 15.0. The Hall–Kier alpha value is -2.54. The Balaban J connectivity index is 1.33. The second kappa shape index (κ2) is 9.24. The largest absolute Gasteiger partial charge is 0.494 e. The van der Waals surface area contributed by atoms with Gasteiger partial charge in [-0.2, -0.15) is 0 Å². The molecule has 0 aliphatic carbocycles. The van der Waals surface area contributed by atoms with Crippen LogP contribution in [-0.4, -0.2) is 71.4 Å². The molecule has 1 aliphatic rings. The van der Waals surface area contributed by atoms with Crippen LogP contribution < -0.4 is 4.74 Å². The van der Waals surface area contributed by atoms with Crippen LogP contribution >= 0.6 is 0 Å². The van der Waals surface area contributed by atoms with Gasteiger partial charge in [0.05, 0.1) is 19.5 Å². The molecular weight excluding hydrogens is 332 g/mol. The van der Waals surface area contributed by atoms with Crippen LogP contribution in [0.3, 0.4) is 0 Å². The van der Waals surface area contributed by atoms with Gasteiger partial charge in [0.1, 0.15) is 5.75 Å². The zero-order valence-corrected chi connectivity index (χ0v) is 15.2. The van der Waals surface area contributed by atoms with Crippen LogP contribution in [0.5, 0.6) is 5.75 Å². The lowest BCUT2D eigenvalue weighted by Crippen LogP contribution is -2.49. The number of rotatable bonds is 7. The van der Waals surface area contributed by atoms with Crippen molar-refractivity contribution >= 4 is 6.09 Å². The van der Waals surface area contributed by atoms with E-state index in [-0.39, 0.29) is 6.09 Å². The van der Waals surface area contributed by atoms with Gasteiger partial charge in [-0.05, 0) is 37.6 Å².